The number of nitrogens with zero attached hydrogens (tertiary/aromatic N) is 2. The van der Waals surface area contributed by atoms with E-state index in [9.17, 15) is 13.2 Å². The van der Waals surface area contributed by atoms with Crippen molar-refractivity contribution in [2.75, 3.05) is 19.6 Å². The number of ether oxygens (including phenoxy) is 1. The largest absolute Gasteiger partial charge is 0.489 e. The fourth-order valence-electron chi connectivity index (χ4n) is 2.65. The van der Waals surface area contributed by atoms with Crippen LogP contribution in [0.1, 0.15) is 38.8 Å². The SMILES string of the molecule is C=CCN(C/C=N/NC(=S)c1ccc(C(F)(F)F)cc1)CC(/C=C\C(=C)OC(C)(C)C)=C/C. The molecule has 0 spiro atoms. The summed E-state index contributed by atoms with van der Waals surface area (Å²) >= 11 is 5.20. The molecule has 1 rings (SSSR count). The van der Waals surface area contributed by atoms with Crippen LogP contribution in [0.2, 0.25) is 0 Å². The summed E-state index contributed by atoms with van der Waals surface area (Å²) in [4.78, 5) is 2.34. The first-order valence-electron chi connectivity index (χ1n) is 10.4. The molecule has 4 nitrogen and oxygen atoms in total. The van der Waals surface area contributed by atoms with Gasteiger partial charge in [0.2, 0.25) is 0 Å². The minimum Gasteiger partial charge on any atom is -0.489 e. The van der Waals surface area contributed by atoms with E-state index in [1.807, 2.05) is 45.9 Å². The third kappa shape index (κ3) is 11.6. The van der Waals surface area contributed by atoms with Gasteiger partial charge in [0.1, 0.15) is 16.3 Å². The molecule has 0 aliphatic rings. The van der Waals surface area contributed by atoms with E-state index in [1.54, 1.807) is 12.3 Å². The van der Waals surface area contributed by atoms with Crippen molar-refractivity contribution in [3.05, 3.63) is 84.2 Å². The average molecular weight is 480 g/mol. The van der Waals surface area contributed by atoms with Crippen molar-refractivity contribution < 1.29 is 17.9 Å². The normalized spacial score (nSPS) is 13.0. The van der Waals surface area contributed by atoms with Gasteiger partial charge in [0, 0.05) is 31.4 Å². The molecule has 0 aliphatic carbocycles. The van der Waals surface area contributed by atoms with Gasteiger partial charge in [-0.3, -0.25) is 10.3 Å². The summed E-state index contributed by atoms with van der Waals surface area (Å²) in [5.74, 6) is 0.583. The van der Waals surface area contributed by atoms with E-state index >= 15 is 0 Å². The number of alkyl halides is 3. The summed E-state index contributed by atoms with van der Waals surface area (Å²) in [5.41, 5.74) is 3.19. The second kappa shape index (κ2) is 13.1. The van der Waals surface area contributed by atoms with Crippen LogP contribution in [0.15, 0.2) is 78.2 Å². The van der Waals surface area contributed by atoms with E-state index in [-0.39, 0.29) is 10.6 Å². The molecule has 0 heterocycles. The first-order chi connectivity index (χ1) is 15.4. The Labute approximate surface area is 200 Å². The van der Waals surface area contributed by atoms with Crippen molar-refractivity contribution in [2.45, 2.75) is 39.5 Å². The third-order valence-electron chi connectivity index (χ3n) is 4.16. The number of rotatable bonds is 11. The molecule has 0 radical (unpaired) electrons. The van der Waals surface area contributed by atoms with E-state index in [4.69, 9.17) is 17.0 Å². The Morgan fingerprint density at radius 2 is 1.79 bits per heavy atom. The van der Waals surface area contributed by atoms with Gasteiger partial charge < -0.3 is 4.74 Å². The van der Waals surface area contributed by atoms with Gasteiger partial charge in [-0.2, -0.15) is 18.3 Å². The maximum Gasteiger partial charge on any atom is 0.416 e. The first-order valence-corrected chi connectivity index (χ1v) is 10.8. The number of allylic oxidation sites excluding steroid dienone is 2. The number of nitrogens with one attached hydrogen (secondary N) is 1. The Hall–Kier alpha value is -2.71. The highest BCUT2D eigenvalue weighted by atomic mass is 32.1. The molecule has 0 amide bonds. The number of hydrazone groups is 1. The van der Waals surface area contributed by atoms with Gasteiger partial charge in [0.25, 0.3) is 0 Å². The van der Waals surface area contributed by atoms with Gasteiger partial charge in [0.05, 0.1) is 5.56 Å². The summed E-state index contributed by atoms with van der Waals surface area (Å²) < 4.78 is 43.7. The summed E-state index contributed by atoms with van der Waals surface area (Å²) in [7, 11) is 0. The Morgan fingerprint density at radius 3 is 2.30 bits per heavy atom. The molecule has 0 aliphatic heterocycles. The Kier molecular flexibility index (Phi) is 11.2. The van der Waals surface area contributed by atoms with Gasteiger partial charge in [-0.25, -0.2) is 0 Å². The van der Waals surface area contributed by atoms with Crippen LogP contribution >= 0.6 is 12.2 Å². The van der Waals surface area contributed by atoms with Crippen molar-refractivity contribution in [1.29, 1.82) is 0 Å². The maximum atomic E-state index is 12.7. The molecule has 180 valence electrons. The lowest BCUT2D eigenvalue weighted by Gasteiger charge is -2.22. The summed E-state index contributed by atoms with van der Waals surface area (Å²) in [5, 5.41) is 4.10. The molecule has 33 heavy (non-hydrogen) atoms. The van der Waals surface area contributed by atoms with Gasteiger partial charge in [-0.1, -0.05) is 49.2 Å². The minimum atomic E-state index is -4.38. The van der Waals surface area contributed by atoms with Crippen LogP contribution in [-0.2, 0) is 10.9 Å². The number of hydrogen-bond donors (Lipinski definition) is 1. The zero-order chi connectivity index (χ0) is 25.1. The van der Waals surface area contributed by atoms with E-state index in [2.05, 4.69) is 28.6 Å². The molecular formula is C25H32F3N3OS. The van der Waals surface area contributed by atoms with Gasteiger partial charge in [-0.15, -0.1) is 6.58 Å². The van der Waals surface area contributed by atoms with Crippen molar-refractivity contribution in [3.8, 4) is 0 Å². The van der Waals surface area contributed by atoms with E-state index in [1.165, 1.54) is 12.1 Å². The maximum absolute atomic E-state index is 12.7. The molecule has 0 saturated heterocycles. The van der Waals surface area contributed by atoms with Crippen LogP contribution in [0, 0.1) is 0 Å². The Balaban J connectivity index is 2.64. The zero-order valence-corrected chi connectivity index (χ0v) is 20.4. The molecule has 0 saturated carbocycles. The molecule has 8 heteroatoms. The lowest BCUT2D eigenvalue weighted by atomic mass is 10.1. The Bertz CT molecular complexity index is 895. The Morgan fingerprint density at radius 1 is 1.15 bits per heavy atom. The quantitative estimate of drug-likeness (QED) is 0.101. The number of benzene rings is 1. The van der Waals surface area contributed by atoms with Crippen LogP contribution in [0.3, 0.4) is 0 Å². The van der Waals surface area contributed by atoms with Crippen molar-refractivity contribution in [2.24, 2.45) is 5.10 Å². The van der Waals surface area contributed by atoms with E-state index in [0.717, 1.165) is 17.7 Å². The molecule has 1 aromatic carbocycles. The predicted octanol–water partition coefficient (Wildman–Crippen LogP) is 6.28. The van der Waals surface area contributed by atoms with Crippen LogP contribution < -0.4 is 5.43 Å². The predicted molar refractivity (Wildman–Crippen MR) is 134 cm³/mol. The third-order valence-corrected chi connectivity index (χ3v) is 4.48. The van der Waals surface area contributed by atoms with Crippen LogP contribution in [-0.4, -0.2) is 41.3 Å². The fourth-order valence-corrected chi connectivity index (χ4v) is 2.84. The summed E-state index contributed by atoms with van der Waals surface area (Å²) in [6.45, 7) is 17.4. The van der Waals surface area contributed by atoms with Crippen molar-refractivity contribution in [3.63, 3.8) is 0 Å². The second-order valence-electron chi connectivity index (χ2n) is 8.19. The van der Waals surface area contributed by atoms with Gasteiger partial charge in [0.15, 0.2) is 0 Å². The first kappa shape index (κ1) is 28.3. The lowest BCUT2D eigenvalue weighted by molar-refractivity contribution is -0.137. The van der Waals surface area contributed by atoms with Crippen molar-refractivity contribution >= 4 is 23.4 Å². The zero-order valence-electron chi connectivity index (χ0n) is 19.6. The number of halogens is 3. The van der Waals surface area contributed by atoms with Crippen LogP contribution in [0.4, 0.5) is 13.2 Å². The topological polar surface area (TPSA) is 36.9 Å². The number of thiocarbonyl (C=S) groups is 1. The highest BCUT2D eigenvalue weighted by Gasteiger charge is 2.30. The molecule has 1 aromatic rings. The smallest absolute Gasteiger partial charge is 0.416 e. The van der Waals surface area contributed by atoms with Gasteiger partial charge >= 0.3 is 6.18 Å². The monoisotopic (exact) mass is 479 g/mol. The fraction of sp³-hybridized carbons (Fsp3) is 0.360. The standard InChI is InChI=1S/C25H32F3N3OS/c1-7-16-31(18-20(8-2)10-9-19(3)32-24(4,5)6)17-15-29-30-23(33)21-11-13-22(14-12-21)25(26,27)28/h7-15H,1,3,16-18H2,2,4-6H3,(H,30,33)/b10-9-,20-8+,29-15+. The molecule has 0 atom stereocenters. The minimum absolute atomic E-state index is 0.240. The average Bonchev–Trinajstić information content (AvgIpc) is 2.72. The van der Waals surface area contributed by atoms with Crippen LogP contribution in [0.5, 0.6) is 0 Å². The molecule has 0 aromatic heterocycles. The summed E-state index contributed by atoms with van der Waals surface area (Å²) in [6, 6.07) is 4.62. The molecule has 1 N–H and O–H groups in total. The summed E-state index contributed by atoms with van der Waals surface area (Å²) in [6.07, 6.45) is 4.87. The van der Waals surface area contributed by atoms with Crippen LogP contribution in [0.25, 0.3) is 0 Å². The molecule has 0 unspecified atom stereocenters. The van der Waals surface area contributed by atoms with E-state index in [0.29, 0.717) is 31.0 Å². The second-order valence-corrected chi connectivity index (χ2v) is 8.60. The lowest BCUT2D eigenvalue weighted by Crippen LogP contribution is -2.28. The highest BCUT2D eigenvalue weighted by Crippen LogP contribution is 2.29. The molecular weight excluding hydrogens is 447 g/mol. The van der Waals surface area contributed by atoms with E-state index < -0.39 is 11.7 Å². The molecule has 0 bridgehead atoms. The molecule has 0 fully saturated rings. The van der Waals surface area contributed by atoms with Gasteiger partial charge in [-0.05, 0) is 51.5 Å². The number of hydrogen-bond acceptors (Lipinski definition) is 4. The van der Waals surface area contributed by atoms with Crippen molar-refractivity contribution in [1.82, 2.24) is 10.3 Å². The highest BCUT2D eigenvalue weighted by molar-refractivity contribution is 7.80.